The van der Waals surface area contributed by atoms with Crippen LogP contribution in [0.3, 0.4) is 0 Å². The van der Waals surface area contributed by atoms with Crippen molar-refractivity contribution < 1.29 is 19.8 Å². The minimum atomic E-state index is -1.27. The lowest BCUT2D eigenvalue weighted by atomic mass is 9.99. The average molecular weight is 428 g/mol. The molecule has 1 unspecified atom stereocenters. The molecule has 162 valence electrons. The van der Waals surface area contributed by atoms with E-state index < -0.39 is 18.1 Å². The van der Waals surface area contributed by atoms with Crippen LogP contribution in [0.1, 0.15) is 22.9 Å². The molecule has 0 aromatic heterocycles. The molecule has 2 N–H and O–H groups in total. The van der Waals surface area contributed by atoms with E-state index in [2.05, 4.69) is 0 Å². The maximum atomic E-state index is 12.4. The fourth-order valence-electron chi connectivity index (χ4n) is 4.18. The normalized spacial score (nSPS) is 16.2. The minimum Gasteiger partial charge on any atom is -0.478 e. The fourth-order valence-corrected chi connectivity index (χ4v) is 4.18. The molecule has 0 saturated heterocycles. The third-order valence-electron chi connectivity index (χ3n) is 5.57. The van der Waals surface area contributed by atoms with Gasteiger partial charge in [0, 0.05) is 11.4 Å². The predicted molar refractivity (Wildman–Crippen MR) is 124 cm³/mol. The zero-order valence-electron chi connectivity index (χ0n) is 17.9. The van der Waals surface area contributed by atoms with Gasteiger partial charge in [0.2, 0.25) is 0 Å². The van der Waals surface area contributed by atoms with Crippen LogP contribution in [-0.2, 0) is 9.59 Å². The van der Waals surface area contributed by atoms with Crippen LogP contribution < -0.4 is 9.80 Å². The van der Waals surface area contributed by atoms with Gasteiger partial charge in [-0.05, 0) is 54.8 Å². The van der Waals surface area contributed by atoms with Gasteiger partial charge in [0.1, 0.15) is 11.9 Å². The van der Waals surface area contributed by atoms with E-state index in [9.17, 15) is 19.8 Å². The number of hydrogen-bond donors (Lipinski definition) is 2. The van der Waals surface area contributed by atoms with Gasteiger partial charge >= 0.3 is 11.9 Å². The summed E-state index contributed by atoms with van der Waals surface area (Å²) in [7, 11) is 0. The molecule has 0 spiro atoms. The van der Waals surface area contributed by atoms with Crippen LogP contribution in [-0.4, -0.2) is 28.7 Å². The monoisotopic (exact) mass is 428 g/mol. The lowest BCUT2D eigenvalue weighted by molar-refractivity contribution is -0.136. The summed E-state index contributed by atoms with van der Waals surface area (Å²) in [5.74, 6) is -2.52. The Morgan fingerprint density at radius 2 is 1.38 bits per heavy atom. The number of benzene rings is 3. The molecule has 3 aromatic rings. The lowest BCUT2D eigenvalue weighted by Crippen LogP contribution is -2.50. The molecule has 4 rings (SSSR count). The fraction of sp³-hybridized carbons (Fsp3) is 0.154. The molecule has 0 bridgehead atoms. The molecule has 1 heterocycles. The molecular formula is C26H24N2O4. The first-order chi connectivity index (χ1) is 15.4. The Bertz CT molecular complexity index is 1200. The Morgan fingerprint density at radius 3 is 1.94 bits per heavy atom. The van der Waals surface area contributed by atoms with Gasteiger partial charge < -0.3 is 20.0 Å². The van der Waals surface area contributed by atoms with E-state index in [1.165, 1.54) is 0 Å². The second-order valence-corrected chi connectivity index (χ2v) is 7.90. The smallest absolute Gasteiger partial charge is 0.353 e. The number of carbonyl (C=O) groups is 2. The summed E-state index contributed by atoms with van der Waals surface area (Å²) >= 11 is 0. The Morgan fingerprint density at radius 1 is 0.781 bits per heavy atom. The molecule has 0 saturated carbocycles. The van der Waals surface area contributed by atoms with Crippen molar-refractivity contribution in [2.75, 3.05) is 16.3 Å². The molecule has 32 heavy (non-hydrogen) atoms. The van der Waals surface area contributed by atoms with Crippen LogP contribution in [0.5, 0.6) is 0 Å². The molecule has 1 aliphatic heterocycles. The first kappa shape index (κ1) is 21.2. The van der Waals surface area contributed by atoms with E-state index in [0.717, 1.165) is 22.4 Å². The van der Waals surface area contributed by atoms with E-state index >= 15 is 0 Å². The number of carboxylic acids is 2. The quantitative estimate of drug-likeness (QED) is 0.610. The average Bonchev–Trinajstić information content (AvgIpc) is 2.78. The van der Waals surface area contributed by atoms with Gasteiger partial charge in [0.15, 0.2) is 0 Å². The van der Waals surface area contributed by atoms with Gasteiger partial charge in [-0.3, -0.25) is 0 Å². The lowest BCUT2D eigenvalue weighted by Gasteiger charge is -2.46. The first-order valence-corrected chi connectivity index (χ1v) is 10.3. The highest BCUT2D eigenvalue weighted by atomic mass is 16.4. The summed E-state index contributed by atoms with van der Waals surface area (Å²) in [5, 5.41) is 20.1. The van der Waals surface area contributed by atoms with Crippen molar-refractivity contribution in [3.63, 3.8) is 0 Å². The number of aryl methyl sites for hydroxylation is 2. The van der Waals surface area contributed by atoms with Crippen LogP contribution in [0.25, 0.3) is 0 Å². The zero-order chi connectivity index (χ0) is 22.8. The summed E-state index contributed by atoms with van der Waals surface area (Å²) < 4.78 is 0. The molecule has 6 heteroatoms. The van der Waals surface area contributed by atoms with Crippen molar-refractivity contribution in [2.24, 2.45) is 0 Å². The van der Waals surface area contributed by atoms with Crippen LogP contribution in [0.2, 0.25) is 0 Å². The Hall–Kier alpha value is -4.06. The molecule has 3 aromatic carbocycles. The zero-order valence-corrected chi connectivity index (χ0v) is 17.9. The Kier molecular flexibility index (Phi) is 5.69. The summed E-state index contributed by atoms with van der Waals surface area (Å²) in [4.78, 5) is 28.2. The van der Waals surface area contributed by atoms with Crippen molar-refractivity contribution in [1.29, 1.82) is 0 Å². The third kappa shape index (κ3) is 3.95. The van der Waals surface area contributed by atoms with Crippen molar-refractivity contribution in [2.45, 2.75) is 20.0 Å². The number of aliphatic carboxylic acids is 2. The number of anilines is 2. The van der Waals surface area contributed by atoms with E-state index in [1.807, 2.05) is 97.6 Å². The number of nitrogens with zero attached hydrogens (tertiary/aromatic N) is 2. The van der Waals surface area contributed by atoms with Gasteiger partial charge in [0.05, 0.1) is 12.1 Å². The maximum absolute atomic E-state index is 12.4. The van der Waals surface area contributed by atoms with Crippen molar-refractivity contribution in [3.8, 4) is 0 Å². The highest BCUT2D eigenvalue weighted by molar-refractivity contribution is 6.03. The largest absolute Gasteiger partial charge is 0.478 e. The SMILES string of the molecule is Cc1cccc(N2CC(C(=O)O)=C(C(=O)O)N(c3cccc(C)c3)C2c2ccccc2)c1. The summed E-state index contributed by atoms with van der Waals surface area (Å²) in [6, 6.07) is 24.8. The summed E-state index contributed by atoms with van der Waals surface area (Å²) in [6.07, 6.45) is -0.547. The van der Waals surface area contributed by atoms with Gasteiger partial charge in [0.25, 0.3) is 0 Å². The molecular weight excluding hydrogens is 404 g/mol. The van der Waals surface area contributed by atoms with Crippen LogP contribution >= 0.6 is 0 Å². The van der Waals surface area contributed by atoms with E-state index in [4.69, 9.17) is 0 Å². The maximum Gasteiger partial charge on any atom is 0.353 e. The number of carboxylic acid groups (broad SMARTS) is 2. The molecule has 0 amide bonds. The molecule has 6 nitrogen and oxygen atoms in total. The van der Waals surface area contributed by atoms with E-state index in [1.54, 1.807) is 4.90 Å². The Labute approximate surface area is 186 Å². The van der Waals surface area contributed by atoms with Crippen molar-refractivity contribution in [1.82, 2.24) is 0 Å². The van der Waals surface area contributed by atoms with Crippen molar-refractivity contribution >= 4 is 23.3 Å². The minimum absolute atomic E-state index is 0.0394. The van der Waals surface area contributed by atoms with Crippen LogP contribution in [0.15, 0.2) is 90.1 Å². The van der Waals surface area contributed by atoms with E-state index in [0.29, 0.717) is 5.69 Å². The second-order valence-electron chi connectivity index (χ2n) is 7.90. The molecule has 1 aliphatic rings. The standard InChI is InChI=1S/C26H24N2O4/c1-17-8-6-12-20(14-17)27-16-22(25(29)30)23(26(31)32)28(21-13-7-9-18(2)15-21)24(27)19-10-4-3-5-11-19/h3-15,24H,16H2,1-2H3,(H,29,30)(H,31,32). The van der Waals surface area contributed by atoms with Crippen LogP contribution in [0, 0.1) is 13.8 Å². The topological polar surface area (TPSA) is 81.1 Å². The molecule has 0 fully saturated rings. The first-order valence-electron chi connectivity index (χ1n) is 10.3. The highest BCUT2D eigenvalue weighted by Crippen LogP contribution is 2.41. The number of hydrogen-bond acceptors (Lipinski definition) is 4. The summed E-state index contributed by atoms with van der Waals surface area (Å²) in [5.41, 5.74) is 3.89. The van der Waals surface area contributed by atoms with Gasteiger partial charge in [-0.2, -0.15) is 0 Å². The van der Waals surface area contributed by atoms with Crippen molar-refractivity contribution in [3.05, 3.63) is 107 Å². The summed E-state index contributed by atoms with van der Waals surface area (Å²) in [6.45, 7) is 3.85. The third-order valence-corrected chi connectivity index (χ3v) is 5.57. The highest BCUT2D eigenvalue weighted by Gasteiger charge is 2.41. The predicted octanol–water partition coefficient (Wildman–Crippen LogP) is 4.75. The molecule has 0 radical (unpaired) electrons. The molecule has 1 atom stereocenters. The van der Waals surface area contributed by atoms with Gasteiger partial charge in [-0.15, -0.1) is 0 Å². The Balaban J connectivity index is 2.04. The van der Waals surface area contributed by atoms with Crippen LogP contribution in [0.4, 0.5) is 11.4 Å². The second kappa shape index (κ2) is 8.59. The molecule has 0 aliphatic carbocycles. The van der Waals surface area contributed by atoms with Gasteiger partial charge in [-0.25, -0.2) is 9.59 Å². The van der Waals surface area contributed by atoms with Gasteiger partial charge in [-0.1, -0.05) is 54.6 Å². The number of rotatable bonds is 5. The van der Waals surface area contributed by atoms with E-state index in [-0.39, 0.29) is 17.8 Å².